The van der Waals surface area contributed by atoms with Crippen LogP contribution in [-0.2, 0) is 6.42 Å². The highest BCUT2D eigenvalue weighted by Gasteiger charge is 2.23. The summed E-state index contributed by atoms with van der Waals surface area (Å²) in [6.07, 6.45) is 3.47. The van der Waals surface area contributed by atoms with Gasteiger partial charge in [-0.2, -0.15) is 0 Å². The summed E-state index contributed by atoms with van der Waals surface area (Å²) in [6, 6.07) is 7.38. The Bertz CT molecular complexity index is 630. The zero-order chi connectivity index (χ0) is 13.4. The number of fused-ring (bicyclic) bond motifs is 1. The van der Waals surface area contributed by atoms with Gasteiger partial charge in [-0.05, 0) is 58.1 Å². The van der Waals surface area contributed by atoms with E-state index >= 15 is 0 Å². The summed E-state index contributed by atoms with van der Waals surface area (Å²) >= 11 is 3.20. The molecule has 3 rings (SSSR count). The first-order valence-corrected chi connectivity index (χ1v) is 6.88. The first-order valence-electron chi connectivity index (χ1n) is 6.09. The molecular formula is C14H13BrFN3. The monoisotopic (exact) mass is 321 g/mol. The lowest BCUT2D eigenvalue weighted by atomic mass is 10.1. The molecule has 1 heterocycles. The SMILES string of the molecule is Nc1ccc2c(c1)CCC2Nc1ncc(Br)cc1F. The Balaban J connectivity index is 1.86. The van der Waals surface area contributed by atoms with Crippen molar-refractivity contribution in [3.8, 4) is 0 Å². The van der Waals surface area contributed by atoms with Gasteiger partial charge in [0, 0.05) is 16.4 Å². The molecule has 0 saturated heterocycles. The van der Waals surface area contributed by atoms with Gasteiger partial charge in [0.25, 0.3) is 0 Å². The number of rotatable bonds is 2. The quantitative estimate of drug-likeness (QED) is 0.830. The molecule has 0 saturated carbocycles. The molecule has 0 bridgehead atoms. The molecule has 1 aliphatic carbocycles. The molecule has 5 heteroatoms. The summed E-state index contributed by atoms with van der Waals surface area (Å²) in [5.74, 6) is -0.0591. The second-order valence-corrected chi connectivity index (χ2v) is 5.59. The van der Waals surface area contributed by atoms with Gasteiger partial charge in [0.05, 0.1) is 6.04 Å². The number of pyridine rings is 1. The Kier molecular flexibility index (Phi) is 3.14. The molecular weight excluding hydrogens is 309 g/mol. The normalized spacial score (nSPS) is 17.3. The summed E-state index contributed by atoms with van der Waals surface area (Å²) in [7, 11) is 0. The van der Waals surface area contributed by atoms with Crippen LogP contribution < -0.4 is 11.1 Å². The van der Waals surface area contributed by atoms with Crippen molar-refractivity contribution in [3.05, 3.63) is 51.9 Å². The van der Waals surface area contributed by atoms with E-state index in [0.717, 1.165) is 18.5 Å². The van der Waals surface area contributed by atoms with Crippen LogP contribution in [0, 0.1) is 5.82 Å². The lowest BCUT2D eigenvalue weighted by Gasteiger charge is -2.15. The minimum absolute atomic E-state index is 0.0961. The van der Waals surface area contributed by atoms with Crippen molar-refractivity contribution in [1.82, 2.24) is 4.98 Å². The zero-order valence-electron chi connectivity index (χ0n) is 10.2. The van der Waals surface area contributed by atoms with E-state index in [-0.39, 0.29) is 17.7 Å². The second kappa shape index (κ2) is 4.81. The van der Waals surface area contributed by atoms with Gasteiger partial charge < -0.3 is 11.1 Å². The van der Waals surface area contributed by atoms with Crippen molar-refractivity contribution in [1.29, 1.82) is 0 Å². The molecule has 98 valence electrons. The number of aromatic nitrogens is 1. The predicted molar refractivity (Wildman–Crippen MR) is 77.4 cm³/mol. The topological polar surface area (TPSA) is 50.9 Å². The van der Waals surface area contributed by atoms with Crippen molar-refractivity contribution < 1.29 is 4.39 Å². The Morgan fingerprint density at radius 1 is 1.37 bits per heavy atom. The second-order valence-electron chi connectivity index (χ2n) is 4.68. The van der Waals surface area contributed by atoms with Crippen LogP contribution in [0.15, 0.2) is 34.9 Å². The number of nitrogens with two attached hydrogens (primary N) is 1. The van der Waals surface area contributed by atoms with Gasteiger partial charge >= 0.3 is 0 Å². The number of aryl methyl sites for hydroxylation is 1. The van der Waals surface area contributed by atoms with Gasteiger partial charge in [0.2, 0.25) is 0 Å². The van der Waals surface area contributed by atoms with Crippen LogP contribution in [0.2, 0.25) is 0 Å². The number of hydrogen-bond donors (Lipinski definition) is 2. The van der Waals surface area contributed by atoms with Gasteiger partial charge in [0.1, 0.15) is 0 Å². The van der Waals surface area contributed by atoms with Crippen molar-refractivity contribution in [2.45, 2.75) is 18.9 Å². The van der Waals surface area contributed by atoms with Crippen molar-refractivity contribution in [2.75, 3.05) is 11.1 Å². The van der Waals surface area contributed by atoms with Crippen LogP contribution in [0.25, 0.3) is 0 Å². The highest BCUT2D eigenvalue weighted by molar-refractivity contribution is 9.10. The highest BCUT2D eigenvalue weighted by atomic mass is 79.9. The van der Waals surface area contributed by atoms with Gasteiger partial charge in [-0.1, -0.05) is 6.07 Å². The van der Waals surface area contributed by atoms with Crippen LogP contribution in [0.5, 0.6) is 0 Å². The van der Waals surface area contributed by atoms with Gasteiger partial charge in [-0.15, -0.1) is 0 Å². The number of halogens is 2. The van der Waals surface area contributed by atoms with E-state index in [1.807, 2.05) is 18.2 Å². The molecule has 0 fully saturated rings. The third kappa shape index (κ3) is 2.42. The van der Waals surface area contributed by atoms with E-state index < -0.39 is 0 Å². The molecule has 3 nitrogen and oxygen atoms in total. The van der Waals surface area contributed by atoms with Gasteiger partial charge in [0.15, 0.2) is 11.6 Å². The summed E-state index contributed by atoms with van der Waals surface area (Å²) in [5, 5.41) is 3.16. The van der Waals surface area contributed by atoms with Gasteiger partial charge in [-0.3, -0.25) is 0 Å². The molecule has 1 atom stereocenters. The Morgan fingerprint density at radius 2 is 2.21 bits per heavy atom. The summed E-state index contributed by atoms with van der Waals surface area (Å²) in [5.41, 5.74) is 8.95. The van der Waals surface area contributed by atoms with E-state index in [0.29, 0.717) is 4.47 Å². The third-order valence-corrected chi connectivity index (χ3v) is 3.80. The molecule has 1 aliphatic rings. The number of benzene rings is 1. The van der Waals surface area contributed by atoms with Crippen LogP contribution in [-0.4, -0.2) is 4.98 Å². The molecule has 0 spiro atoms. The van der Waals surface area contributed by atoms with Crippen LogP contribution >= 0.6 is 15.9 Å². The molecule has 1 aromatic carbocycles. The Morgan fingerprint density at radius 3 is 3.00 bits per heavy atom. The maximum atomic E-state index is 13.8. The molecule has 0 radical (unpaired) electrons. The van der Waals surface area contributed by atoms with Crippen LogP contribution in [0.3, 0.4) is 0 Å². The fourth-order valence-corrected chi connectivity index (χ4v) is 2.78. The highest BCUT2D eigenvalue weighted by Crippen LogP contribution is 2.35. The van der Waals surface area contributed by atoms with Crippen molar-refractivity contribution >= 4 is 27.4 Å². The Hall–Kier alpha value is -1.62. The number of nitrogen functional groups attached to an aromatic ring is 1. The summed E-state index contributed by atoms with van der Waals surface area (Å²) in [4.78, 5) is 4.07. The van der Waals surface area contributed by atoms with Crippen LogP contribution in [0.4, 0.5) is 15.9 Å². The molecule has 0 amide bonds. The van der Waals surface area contributed by atoms with E-state index in [4.69, 9.17) is 5.73 Å². The zero-order valence-corrected chi connectivity index (χ0v) is 11.7. The predicted octanol–water partition coefficient (Wildman–Crippen LogP) is 3.66. The fourth-order valence-electron chi connectivity index (χ4n) is 2.47. The molecule has 1 aromatic heterocycles. The number of anilines is 2. The fraction of sp³-hybridized carbons (Fsp3) is 0.214. The number of hydrogen-bond acceptors (Lipinski definition) is 3. The van der Waals surface area contributed by atoms with Crippen molar-refractivity contribution in [3.63, 3.8) is 0 Å². The van der Waals surface area contributed by atoms with E-state index in [1.165, 1.54) is 17.2 Å². The average molecular weight is 322 g/mol. The van der Waals surface area contributed by atoms with Crippen LogP contribution in [0.1, 0.15) is 23.6 Å². The van der Waals surface area contributed by atoms with E-state index in [2.05, 4.69) is 26.2 Å². The average Bonchev–Trinajstić information content (AvgIpc) is 2.75. The molecule has 19 heavy (non-hydrogen) atoms. The maximum Gasteiger partial charge on any atom is 0.166 e. The number of nitrogens with zero attached hydrogens (tertiary/aromatic N) is 1. The smallest absolute Gasteiger partial charge is 0.166 e. The van der Waals surface area contributed by atoms with E-state index in [9.17, 15) is 4.39 Å². The van der Waals surface area contributed by atoms with E-state index in [1.54, 1.807) is 6.20 Å². The minimum Gasteiger partial charge on any atom is -0.399 e. The first kappa shape index (κ1) is 12.4. The lowest BCUT2D eigenvalue weighted by molar-refractivity contribution is 0.617. The molecule has 3 N–H and O–H groups in total. The Labute approximate surface area is 119 Å². The van der Waals surface area contributed by atoms with Crippen molar-refractivity contribution in [2.24, 2.45) is 0 Å². The first-order chi connectivity index (χ1) is 9.13. The summed E-state index contributed by atoms with van der Waals surface area (Å²) < 4.78 is 14.4. The molecule has 1 unspecified atom stereocenters. The standard InChI is InChI=1S/C14H13BrFN3/c15-9-6-12(16)14(18-7-9)19-13-4-1-8-5-10(17)2-3-11(8)13/h2-3,5-7,13H,1,4,17H2,(H,18,19). The molecule has 2 aromatic rings. The third-order valence-electron chi connectivity index (χ3n) is 3.36. The largest absolute Gasteiger partial charge is 0.399 e. The van der Waals surface area contributed by atoms with Gasteiger partial charge in [-0.25, -0.2) is 9.37 Å². The summed E-state index contributed by atoms with van der Waals surface area (Å²) in [6.45, 7) is 0. The lowest BCUT2D eigenvalue weighted by Crippen LogP contribution is -2.10. The minimum atomic E-state index is -0.349. The number of nitrogens with one attached hydrogen (secondary N) is 1. The maximum absolute atomic E-state index is 13.8. The molecule has 0 aliphatic heterocycles.